The van der Waals surface area contributed by atoms with E-state index in [4.69, 9.17) is 5.73 Å². The zero-order chi connectivity index (χ0) is 13.0. The first-order chi connectivity index (χ1) is 8.72. The number of thiazole rings is 1. The zero-order valence-corrected chi connectivity index (χ0v) is 11.3. The van der Waals surface area contributed by atoms with Gasteiger partial charge in [-0.05, 0) is 18.1 Å². The molecule has 0 amide bonds. The Morgan fingerprint density at radius 1 is 1.39 bits per heavy atom. The highest BCUT2D eigenvalue weighted by Gasteiger charge is 2.32. The average Bonchev–Trinajstić information content (AvgIpc) is 2.90. The van der Waals surface area contributed by atoms with Gasteiger partial charge in [-0.3, -0.25) is 0 Å². The molecule has 0 radical (unpaired) electrons. The summed E-state index contributed by atoms with van der Waals surface area (Å²) in [5.41, 5.74) is 7.80. The van der Waals surface area contributed by atoms with Gasteiger partial charge in [-0.25, -0.2) is 4.98 Å². The summed E-state index contributed by atoms with van der Waals surface area (Å²) in [7, 11) is 0. The van der Waals surface area contributed by atoms with Crippen molar-refractivity contribution in [2.75, 3.05) is 13.2 Å². The Balaban J connectivity index is 2.40. The van der Waals surface area contributed by atoms with Crippen LogP contribution in [-0.2, 0) is 11.8 Å². The topological polar surface area (TPSA) is 59.1 Å². The molecule has 0 spiro atoms. The molecule has 0 bridgehead atoms. The highest BCUT2D eigenvalue weighted by Crippen LogP contribution is 2.30. The van der Waals surface area contributed by atoms with Crippen molar-refractivity contribution < 1.29 is 5.11 Å². The summed E-state index contributed by atoms with van der Waals surface area (Å²) < 4.78 is 0. The molecular weight excluding hydrogens is 244 g/mol. The van der Waals surface area contributed by atoms with Crippen LogP contribution in [-0.4, -0.2) is 23.2 Å². The first-order valence-electron chi connectivity index (χ1n) is 5.97. The van der Waals surface area contributed by atoms with Gasteiger partial charge in [0.1, 0.15) is 0 Å². The van der Waals surface area contributed by atoms with E-state index in [1.54, 1.807) is 17.5 Å². The van der Waals surface area contributed by atoms with Crippen LogP contribution in [0.2, 0.25) is 0 Å². The van der Waals surface area contributed by atoms with Crippen LogP contribution < -0.4 is 5.73 Å². The third-order valence-electron chi connectivity index (χ3n) is 3.38. The quantitative estimate of drug-likeness (QED) is 0.865. The van der Waals surface area contributed by atoms with E-state index in [2.05, 4.69) is 18.0 Å². The first kappa shape index (κ1) is 13.2. The van der Waals surface area contributed by atoms with E-state index in [0.717, 1.165) is 16.1 Å². The number of hydrogen-bond donors (Lipinski definition) is 2. The van der Waals surface area contributed by atoms with E-state index in [9.17, 15) is 5.11 Å². The molecule has 18 heavy (non-hydrogen) atoms. The van der Waals surface area contributed by atoms with Crippen molar-refractivity contribution in [3.8, 4) is 0 Å². The molecule has 1 atom stereocenters. The van der Waals surface area contributed by atoms with Crippen LogP contribution in [0.5, 0.6) is 0 Å². The van der Waals surface area contributed by atoms with E-state index < -0.39 is 5.41 Å². The lowest BCUT2D eigenvalue weighted by atomic mass is 9.76. The Bertz CT molecular complexity index is 492. The predicted octanol–water partition coefficient (Wildman–Crippen LogP) is 1.88. The number of aliphatic hydroxyl groups is 1. The van der Waals surface area contributed by atoms with Crippen LogP contribution in [0.25, 0.3) is 0 Å². The first-order valence-corrected chi connectivity index (χ1v) is 6.85. The highest BCUT2D eigenvalue weighted by atomic mass is 32.1. The van der Waals surface area contributed by atoms with Crippen LogP contribution in [0.3, 0.4) is 0 Å². The van der Waals surface area contributed by atoms with Crippen molar-refractivity contribution in [3.05, 3.63) is 52.0 Å². The van der Waals surface area contributed by atoms with Crippen molar-refractivity contribution in [2.45, 2.75) is 18.8 Å². The van der Waals surface area contributed by atoms with Crippen LogP contribution in [0.4, 0.5) is 0 Å². The molecule has 1 heterocycles. The number of aliphatic hydroxyl groups excluding tert-OH is 1. The fraction of sp³-hybridized carbons (Fsp3) is 0.357. The molecule has 1 aromatic heterocycles. The van der Waals surface area contributed by atoms with Crippen LogP contribution in [0.15, 0.2) is 35.8 Å². The van der Waals surface area contributed by atoms with Crippen molar-refractivity contribution in [3.63, 3.8) is 0 Å². The van der Waals surface area contributed by atoms with Gasteiger partial charge in [0, 0.05) is 30.0 Å². The van der Waals surface area contributed by atoms with Crippen molar-refractivity contribution in [1.82, 2.24) is 4.98 Å². The molecule has 0 aliphatic rings. The van der Waals surface area contributed by atoms with Crippen LogP contribution >= 0.6 is 11.3 Å². The Labute approximate surface area is 111 Å². The fourth-order valence-electron chi connectivity index (χ4n) is 2.28. The highest BCUT2D eigenvalue weighted by molar-refractivity contribution is 7.09. The second-order valence-electron chi connectivity index (χ2n) is 4.56. The molecule has 2 aromatic rings. The summed E-state index contributed by atoms with van der Waals surface area (Å²) in [5.74, 6) is 0. The predicted molar refractivity (Wildman–Crippen MR) is 74.8 cm³/mol. The Morgan fingerprint density at radius 3 is 2.72 bits per heavy atom. The van der Waals surface area contributed by atoms with E-state index in [1.807, 2.05) is 23.6 Å². The molecule has 2 rings (SSSR count). The molecule has 4 heteroatoms. The Kier molecular flexibility index (Phi) is 4.11. The normalized spacial score (nSPS) is 14.4. The van der Waals surface area contributed by atoms with Gasteiger partial charge in [0.25, 0.3) is 0 Å². The maximum Gasteiger partial charge on any atom is 0.0935 e. The summed E-state index contributed by atoms with van der Waals surface area (Å²) in [6.07, 6.45) is 2.47. The molecule has 3 N–H and O–H groups in total. The van der Waals surface area contributed by atoms with Crippen molar-refractivity contribution in [2.24, 2.45) is 5.73 Å². The number of aryl methyl sites for hydroxylation is 1. The van der Waals surface area contributed by atoms with Gasteiger partial charge in [-0.2, -0.15) is 0 Å². The Hall–Kier alpha value is -1.23. The number of hydrogen-bond acceptors (Lipinski definition) is 4. The van der Waals surface area contributed by atoms with Gasteiger partial charge in [-0.1, -0.05) is 24.3 Å². The number of nitrogens with zero attached hydrogens (tertiary/aromatic N) is 1. The summed E-state index contributed by atoms with van der Waals surface area (Å²) in [4.78, 5) is 4.30. The molecule has 0 aliphatic carbocycles. The van der Waals surface area contributed by atoms with E-state index in [0.29, 0.717) is 13.0 Å². The summed E-state index contributed by atoms with van der Waals surface area (Å²) in [6, 6.07) is 8.09. The summed E-state index contributed by atoms with van der Waals surface area (Å²) in [6.45, 7) is 2.50. The molecule has 3 nitrogen and oxygen atoms in total. The zero-order valence-electron chi connectivity index (χ0n) is 10.5. The second kappa shape index (κ2) is 5.61. The van der Waals surface area contributed by atoms with Gasteiger partial charge in [-0.15, -0.1) is 11.3 Å². The lowest BCUT2D eigenvalue weighted by Gasteiger charge is -2.31. The largest absolute Gasteiger partial charge is 0.395 e. The summed E-state index contributed by atoms with van der Waals surface area (Å²) >= 11 is 1.60. The smallest absolute Gasteiger partial charge is 0.0935 e. The third-order valence-corrected chi connectivity index (χ3v) is 4.16. The Morgan fingerprint density at radius 2 is 2.17 bits per heavy atom. The third kappa shape index (κ3) is 2.46. The number of rotatable bonds is 5. The van der Waals surface area contributed by atoms with Gasteiger partial charge in [0.05, 0.1) is 11.6 Å². The minimum Gasteiger partial charge on any atom is -0.395 e. The van der Waals surface area contributed by atoms with Crippen molar-refractivity contribution >= 4 is 11.3 Å². The van der Waals surface area contributed by atoms with Crippen molar-refractivity contribution in [1.29, 1.82) is 0 Å². The van der Waals surface area contributed by atoms with Gasteiger partial charge >= 0.3 is 0 Å². The standard InChI is InChI=1S/C14H18N2OS/c1-11-4-2-3-5-12(11)14(9-15,10-17)8-13-16-6-7-18-13/h2-7,17H,8-10,15H2,1H3. The molecule has 0 fully saturated rings. The molecular formula is C14H18N2OS. The van der Waals surface area contributed by atoms with Gasteiger partial charge < -0.3 is 10.8 Å². The van der Waals surface area contributed by atoms with Crippen LogP contribution in [0.1, 0.15) is 16.1 Å². The van der Waals surface area contributed by atoms with Gasteiger partial charge in [0.2, 0.25) is 0 Å². The minimum absolute atomic E-state index is 0.0356. The number of aromatic nitrogens is 1. The maximum atomic E-state index is 9.85. The van der Waals surface area contributed by atoms with E-state index in [-0.39, 0.29) is 6.61 Å². The summed E-state index contributed by atoms with van der Waals surface area (Å²) in [5, 5.41) is 12.8. The average molecular weight is 262 g/mol. The SMILES string of the molecule is Cc1ccccc1C(CN)(CO)Cc1nccs1. The molecule has 96 valence electrons. The molecule has 0 saturated carbocycles. The number of nitrogens with two attached hydrogens (primary N) is 1. The second-order valence-corrected chi connectivity index (χ2v) is 5.54. The monoisotopic (exact) mass is 262 g/mol. The lowest BCUT2D eigenvalue weighted by Crippen LogP contribution is -2.41. The molecule has 0 saturated heterocycles. The molecule has 1 unspecified atom stereocenters. The van der Waals surface area contributed by atoms with Crippen LogP contribution in [0, 0.1) is 6.92 Å². The number of benzene rings is 1. The van der Waals surface area contributed by atoms with E-state index in [1.165, 1.54) is 0 Å². The maximum absolute atomic E-state index is 9.85. The van der Waals surface area contributed by atoms with E-state index >= 15 is 0 Å². The molecule has 0 aliphatic heterocycles. The van der Waals surface area contributed by atoms with Gasteiger partial charge in [0.15, 0.2) is 0 Å². The minimum atomic E-state index is -0.427. The lowest BCUT2D eigenvalue weighted by molar-refractivity contribution is 0.195. The fourth-order valence-corrected chi connectivity index (χ4v) is 3.04. The molecule has 1 aromatic carbocycles.